The van der Waals surface area contributed by atoms with Gasteiger partial charge in [-0.1, -0.05) is 13.8 Å². The van der Waals surface area contributed by atoms with Gasteiger partial charge in [0.05, 0.1) is 0 Å². The second-order valence-corrected chi connectivity index (χ2v) is 5.31. The number of nitrogens with one attached hydrogen (secondary N) is 1. The molecule has 0 aliphatic carbocycles. The predicted octanol–water partition coefficient (Wildman–Crippen LogP) is 2.84. The van der Waals surface area contributed by atoms with Crippen LogP contribution in [0.15, 0.2) is 6.20 Å². The zero-order valence-corrected chi connectivity index (χ0v) is 11.7. The van der Waals surface area contributed by atoms with Crippen molar-refractivity contribution < 1.29 is 0 Å². The van der Waals surface area contributed by atoms with Crippen LogP contribution in [-0.2, 0) is 13.0 Å². The number of hydrogen-bond donors (Lipinski definition) is 1. The first-order chi connectivity index (χ1) is 8.24. The molecule has 1 aromatic heterocycles. The molecular formula is C13H23N3S. The second-order valence-electron chi connectivity index (χ2n) is 4.93. The Morgan fingerprint density at radius 1 is 1.35 bits per heavy atom. The van der Waals surface area contributed by atoms with E-state index in [2.05, 4.69) is 34.5 Å². The van der Waals surface area contributed by atoms with Crippen LogP contribution in [0.4, 0.5) is 0 Å². The molecule has 0 unspecified atom stereocenters. The maximum absolute atomic E-state index is 5.35. The first kappa shape index (κ1) is 12.8. The molecule has 0 aromatic carbocycles. The largest absolute Gasteiger partial charge is 0.337 e. The lowest BCUT2D eigenvalue weighted by atomic mass is 9.96. The van der Waals surface area contributed by atoms with E-state index in [1.807, 2.05) is 0 Å². The molecule has 0 spiro atoms. The summed E-state index contributed by atoms with van der Waals surface area (Å²) in [5, 5.41) is 0. The molecule has 2 heterocycles. The third-order valence-electron chi connectivity index (χ3n) is 3.91. The molecule has 96 valence electrons. The summed E-state index contributed by atoms with van der Waals surface area (Å²) in [5.74, 6) is 0.797. The molecule has 1 saturated heterocycles. The maximum Gasteiger partial charge on any atom is 0.177 e. The lowest BCUT2D eigenvalue weighted by Gasteiger charge is -2.31. The van der Waals surface area contributed by atoms with Crippen LogP contribution < -0.4 is 0 Å². The van der Waals surface area contributed by atoms with Crippen molar-refractivity contribution in [1.82, 2.24) is 14.5 Å². The first-order valence-electron chi connectivity index (χ1n) is 6.74. The van der Waals surface area contributed by atoms with Gasteiger partial charge in [0.1, 0.15) is 0 Å². The highest BCUT2D eigenvalue weighted by Crippen LogP contribution is 2.20. The highest BCUT2D eigenvalue weighted by atomic mass is 32.1. The van der Waals surface area contributed by atoms with Gasteiger partial charge in [-0.2, -0.15) is 0 Å². The summed E-state index contributed by atoms with van der Waals surface area (Å²) in [6, 6.07) is 0. The van der Waals surface area contributed by atoms with Gasteiger partial charge in [0, 0.05) is 18.4 Å². The van der Waals surface area contributed by atoms with Crippen molar-refractivity contribution in [2.75, 3.05) is 19.6 Å². The zero-order chi connectivity index (χ0) is 12.3. The van der Waals surface area contributed by atoms with Crippen LogP contribution in [0.25, 0.3) is 0 Å². The van der Waals surface area contributed by atoms with Gasteiger partial charge in [-0.15, -0.1) is 0 Å². The Bertz CT molecular complexity index is 399. The van der Waals surface area contributed by atoms with Gasteiger partial charge in [0.15, 0.2) is 4.77 Å². The minimum Gasteiger partial charge on any atom is -0.337 e. The second kappa shape index (κ2) is 5.83. The maximum atomic E-state index is 5.35. The molecule has 0 saturated carbocycles. The number of hydrogen-bond acceptors (Lipinski definition) is 2. The number of nitrogens with zero attached hydrogens (tertiary/aromatic N) is 2. The average Bonchev–Trinajstić information content (AvgIpc) is 2.71. The lowest BCUT2D eigenvalue weighted by molar-refractivity contribution is 0.180. The molecule has 0 atom stereocenters. The average molecular weight is 253 g/mol. The third kappa shape index (κ3) is 2.99. The number of aromatic nitrogens is 2. The van der Waals surface area contributed by atoms with Crippen molar-refractivity contribution in [3.8, 4) is 0 Å². The summed E-state index contributed by atoms with van der Waals surface area (Å²) in [7, 11) is 0. The molecule has 1 N–H and O–H groups in total. The summed E-state index contributed by atoms with van der Waals surface area (Å²) in [6.45, 7) is 9.23. The molecule has 2 rings (SSSR count). The molecule has 1 aliphatic rings. The van der Waals surface area contributed by atoms with Gasteiger partial charge >= 0.3 is 0 Å². The molecule has 0 radical (unpaired) electrons. The van der Waals surface area contributed by atoms with Crippen LogP contribution >= 0.6 is 12.2 Å². The minimum atomic E-state index is 0.797. The molecule has 3 nitrogen and oxygen atoms in total. The highest BCUT2D eigenvalue weighted by molar-refractivity contribution is 7.71. The topological polar surface area (TPSA) is 24.0 Å². The number of likely N-dealkylation sites (tertiary alicyclic amines) is 1. The number of imidazole rings is 1. The van der Waals surface area contributed by atoms with E-state index in [1.54, 1.807) is 0 Å². The number of piperidine rings is 1. The lowest BCUT2D eigenvalue weighted by Crippen LogP contribution is -2.34. The number of aromatic amines is 1. The summed E-state index contributed by atoms with van der Waals surface area (Å²) >= 11 is 5.35. The molecular weight excluding hydrogens is 230 g/mol. The van der Waals surface area contributed by atoms with Gasteiger partial charge < -0.3 is 14.5 Å². The number of H-pyrrole nitrogens is 1. The molecule has 17 heavy (non-hydrogen) atoms. The Hall–Kier alpha value is -0.610. The Labute approximate surface area is 109 Å². The van der Waals surface area contributed by atoms with Gasteiger partial charge in [-0.3, -0.25) is 0 Å². The zero-order valence-electron chi connectivity index (χ0n) is 10.9. The van der Waals surface area contributed by atoms with E-state index in [0.717, 1.165) is 23.7 Å². The Balaban J connectivity index is 1.97. The summed E-state index contributed by atoms with van der Waals surface area (Å²) in [4.78, 5) is 5.70. The van der Waals surface area contributed by atoms with Gasteiger partial charge in [0.2, 0.25) is 0 Å². The molecule has 1 aliphatic heterocycles. The van der Waals surface area contributed by atoms with Crippen molar-refractivity contribution in [3.63, 3.8) is 0 Å². The third-order valence-corrected chi connectivity index (χ3v) is 4.25. The van der Waals surface area contributed by atoms with Crippen molar-refractivity contribution in [2.24, 2.45) is 5.92 Å². The number of aryl methyl sites for hydroxylation is 1. The quantitative estimate of drug-likeness (QED) is 0.834. The highest BCUT2D eigenvalue weighted by Gasteiger charge is 2.19. The van der Waals surface area contributed by atoms with Gasteiger partial charge in [-0.25, -0.2) is 0 Å². The molecule has 0 bridgehead atoms. The molecule has 4 heteroatoms. The molecule has 1 fully saturated rings. The van der Waals surface area contributed by atoms with Crippen LogP contribution in [-0.4, -0.2) is 34.1 Å². The predicted molar refractivity (Wildman–Crippen MR) is 73.8 cm³/mol. The van der Waals surface area contributed by atoms with E-state index in [9.17, 15) is 0 Å². The summed E-state index contributed by atoms with van der Waals surface area (Å²) in [5.41, 5.74) is 1.34. The van der Waals surface area contributed by atoms with E-state index < -0.39 is 0 Å². The van der Waals surface area contributed by atoms with E-state index in [0.29, 0.717) is 0 Å². The van der Waals surface area contributed by atoms with Gasteiger partial charge in [-0.05, 0) is 57.0 Å². The van der Waals surface area contributed by atoms with Crippen molar-refractivity contribution in [1.29, 1.82) is 0 Å². The van der Waals surface area contributed by atoms with E-state index in [1.165, 1.54) is 38.2 Å². The fourth-order valence-corrected chi connectivity index (χ4v) is 2.92. The van der Waals surface area contributed by atoms with Crippen molar-refractivity contribution in [2.45, 2.75) is 39.7 Å². The van der Waals surface area contributed by atoms with E-state index in [4.69, 9.17) is 12.2 Å². The smallest absolute Gasteiger partial charge is 0.177 e. The Morgan fingerprint density at radius 3 is 2.65 bits per heavy atom. The number of rotatable bonds is 4. The fourth-order valence-electron chi connectivity index (χ4n) is 2.67. The standard InChI is InChI=1S/C13H23N3S/c1-3-12-9-14-13(17)16(12)10-11-5-7-15(4-2)8-6-11/h9,11H,3-8,10H2,1-2H3,(H,14,17). The summed E-state index contributed by atoms with van der Waals surface area (Å²) < 4.78 is 3.18. The fraction of sp³-hybridized carbons (Fsp3) is 0.769. The van der Waals surface area contributed by atoms with E-state index in [-0.39, 0.29) is 0 Å². The van der Waals surface area contributed by atoms with Crippen molar-refractivity contribution in [3.05, 3.63) is 16.7 Å². The Morgan fingerprint density at radius 2 is 2.06 bits per heavy atom. The SMILES string of the molecule is CCc1c[nH]c(=S)n1CC1CCN(CC)CC1. The van der Waals surface area contributed by atoms with Crippen LogP contribution in [0.2, 0.25) is 0 Å². The van der Waals surface area contributed by atoms with Crippen LogP contribution in [0.1, 0.15) is 32.4 Å². The van der Waals surface area contributed by atoms with Crippen LogP contribution in [0.3, 0.4) is 0 Å². The Kier molecular flexibility index (Phi) is 4.40. The molecule has 0 amide bonds. The molecule has 1 aromatic rings. The van der Waals surface area contributed by atoms with E-state index >= 15 is 0 Å². The summed E-state index contributed by atoms with van der Waals surface area (Å²) in [6.07, 6.45) is 5.73. The van der Waals surface area contributed by atoms with Crippen LogP contribution in [0.5, 0.6) is 0 Å². The van der Waals surface area contributed by atoms with Crippen molar-refractivity contribution >= 4 is 12.2 Å². The van der Waals surface area contributed by atoms with Gasteiger partial charge in [0.25, 0.3) is 0 Å². The van der Waals surface area contributed by atoms with Crippen LogP contribution in [0, 0.1) is 10.7 Å². The minimum absolute atomic E-state index is 0.797. The normalized spacial score (nSPS) is 18.7. The first-order valence-corrected chi connectivity index (χ1v) is 7.14. The monoisotopic (exact) mass is 253 g/mol.